The van der Waals surface area contributed by atoms with Crippen LogP contribution in [0.4, 0.5) is 0 Å². The number of nitrogens with zero attached hydrogens (tertiary/aromatic N) is 3. The highest BCUT2D eigenvalue weighted by atomic mass is 16.5. The fourth-order valence-corrected chi connectivity index (χ4v) is 2.84. The van der Waals surface area contributed by atoms with E-state index in [-0.39, 0.29) is 6.10 Å². The molecule has 4 heteroatoms. The minimum Gasteiger partial charge on any atom is -0.376 e. The predicted octanol–water partition coefficient (Wildman–Crippen LogP) is 2.97. The fourth-order valence-electron chi connectivity index (χ4n) is 2.84. The molecular weight excluding hydrogens is 286 g/mol. The highest BCUT2D eigenvalue weighted by Gasteiger charge is 2.20. The number of rotatable bonds is 6. The van der Waals surface area contributed by atoms with Crippen LogP contribution in [0.1, 0.15) is 44.1 Å². The number of aromatic nitrogens is 1. The smallest absolute Gasteiger partial charge is 0.0656 e. The van der Waals surface area contributed by atoms with Crippen LogP contribution in [-0.4, -0.2) is 42.2 Å². The van der Waals surface area contributed by atoms with Crippen LogP contribution in [0.5, 0.6) is 0 Å². The molecule has 122 valence electrons. The monoisotopic (exact) mass is 311 g/mol. The second-order valence-electron chi connectivity index (χ2n) is 6.01. The lowest BCUT2D eigenvalue weighted by Gasteiger charge is -2.31. The van der Waals surface area contributed by atoms with Gasteiger partial charge in [0.05, 0.1) is 31.7 Å². The van der Waals surface area contributed by atoms with Gasteiger partial charge in [-0.2, -0.15) is 5.26 Å². The van der Waals surface area contributed by atoms with Gasteiger partial charge in [0.2, 0.25) is 0 Å². The molecule has 23 heavy (non-hydrogen) atoms. The summed E-state index contributed by atoms with van der Waals surface area (Å²) in [7, 11) is 0. The van der Waals surface area contributed by atoms with Gasteiger partial charge < -0.3 is 4.74 Å². The molecule has 1 aliphatic rings. The van der Waals surface area contributed by atoms with Crippen molar-refractivity contribution in [2.45, 2.75) is 44.6 Å². The molecule has 0 spiro atoms. The van der Waals surface area contributed by atoms with Gasteiger partial charge in [-0.3, -0.25) is 9.88 Å². The van der Waals surface area contributed by atoms with Crippen LogP contribution in [0, 0.1) is 23.2 Å². The SMILES string of the molecule is CC(CC#CCN1CCCC(c2cccnc2)C1)OCCC#N. The lowest BCUT2D eigenvalue weighted by atomic mass is 9.92. The normalized spacial score (nSPS) is 19.4. The molecule has 0 bridgehead atoms. The molecule has 2 heterocycles. The Hall–Kier alpha value is -1.88. The third kappa shape index (κ3) is 6.40. The molecule has 0 aromatic carbocycles. The van der Waals surface area contributed by atoms with Gasteiger partial charge in [0, 0.05) is 25.4 Å². The zero-order chi connectivity index (χ0) is 16.3. The molecule has 1 saturated heterocycles. The van der Waals surface area contributed by atoms with Gasteiger partial charge in [-0.1, -0.05) is 17.9 Å². The van der Waals surface area contributed by atoms with Gasteiger partial charge in [0.1, 0.15) is 0 Å². The Balaban J connectivity index is 1.72. The largest absolute Gasteiger partial charge is 0.376 e. The molecule has 2 atom stereocenters. The van der Waals surface area contributed by atoms with Crippen LogP contribution in [0.3, 0.4) is 0 Å². The van der Waals surface area contributed by atoms with Crippen molar-refractivity contribution in [2.75, 3.05) is 26.2 Å². The molecule has 0 amide bonds. The molecular formula is C19H25N3O. The number of ether oxygens (including phenoxy) is 1. The van der Waals surface area contributed by atoms with E-state index >= 15 is 0 Å². The van der Waals surface area contributed by atoms with Gasteiger partial charge >= 0.3 is 0 Å². The first-order valence-corrected chi connectivity index (χ1v) is 8.36. The van der Waals surface area contributed by atoms with Gasteiger partial charge in [-0.25, -0.2) is 0 Å². The Kier molecular flexibility index (Phi) is 7.60. The Morgan fingerprint density at radius 2 is 2.39 bits per heavy atom. The Morgan fingerprint density at radius 3 is 3.17 bits per heavy atom. The van der Waals surface area contributed by atoms with Crippen molar-refractivity contribution in [3.8, 4) is 17.9 Å². The second-order valence-corrected chi connectivity index (χ2v) is 6.01. The minimum absolute atomic E-state index is 0.0975. The maximum absolute atomic E-state index is 8.47. The Labute approximate surface area is 139 Å². The van der Waals surface area contributed by atoms with Crippen molar-refractivity contribution >= 4 is 0 Å². The summed E-state index contributed by atoms with van der Waals surface area (Å²) in [4.78, 5) is 6.66. The first-order valence-electron chi connectivity index (χ1n) is 8.36. The second kappa shape index (κ2) is 10.0. The topological polar surface area (TPSA) is 49.2 Å². The zero-order valence-corrected chi connectivity index (χ0v) is 13.9. The van der Waals surface area contributed by atoms with Crippen molar-refractivity contribution in [3.63, 3.8) is 0 Å². The van der Waals surface area contributed by atoms with Crippen LogP contribution in [-0.2, 0) is 4.74 Å². The first kappa shape index (κ1) is 17.5. The molecule has 0 aliphatic carbocycles. The molecule has 1 aliphatic heterocycles. The predicted molar refractivity (Wildman–Crippen MR) is 90.7 cm³/mol. The summed E-state index contributed by atoms with van der Waals surface area (Å²) >= 11 is 0. The van der Waals surface area contributed by atoms with Gasteiger partial charge in [0.25, 0.3) is 0 Å². The van der Waals surface area contributed by atoms with E-state index in [1.807, 2.05) is 25.4 Å². The Bertz CT molecular complexity index is 555. The average molecular weight is 311 g/mol. The van der Waals surface area contributed by atoms with E-state index in [2.05, 4.69) is 33.9 Å². The Morgan fingerprint density at radius 1 is 1.48 bits per heavy atom. The molecule has 1 aromatic heterocycles. The molecule has 1 aromatic rings. The number of pyridine rings is 1. The summed E-state index contributed by atoms with van der Waals surface area (Å²) in [6, 6.07) is 6.27. The van der Waals surface area contributed by atoms with Crippen LogP contribution in [0.25, 0.3) is 0 Å². The molecule has 2 rings (SSSR count). The highest BCUT2D eigenvalue weighted by molar-refractivity contribution is 5.16. The lowest BCUT2D eigenvalue weighted by Crippen LogP contribution is -2.34. The van der Waals surface area contributed by atoms with Crippen molar-refractivity contribution in [3.05, 3.63) is 30.1 Å². The third-order valence-electron chi connectivity index (χ3n) is 4.09. The third-order valence-corrected chi connectivity index (χ3v) is 4.09. The maximum atomic E-state index is 8.47. The molecule has 1 fully saturated rings. The van der Waals surface area contributed by atoms with E-state index < -0.39 is 0 Å². The van der Waals surface area contributed by atoms with E-state index in [9.17, 15) is 0 Å². The minimum atomic E-state index is 0.0975. The number of hydrogen-bond donors (Lipinski definition) is 0. The summed E-state index contributed by atoms with van der Waals surface area (Å²) in [5.41, 5.74) is 1.34. The zero-order valence-electron chi connectivity index (χ0n) is 13.9. The summed E-state index contributed by atoms with van der Waals surface area (Å²) < 4.78 is 5.50. The van der Waals surface area contributed by atoms with E-state index in [1.54, 1.807) is 0 Å². The number of piperidine rings is 1. The van der Waals surface area contributed by atoms with E-state index in [0.29, 0.717) is 18.9 Å². The lowest BCUT2D eigenvalue weighted by molar-refractivity contribution is 0.0739. The van der Waals surface area contributed by atoms with Crippen LogP contribution >= 0.6 is 0 Å². The van der Waals surface area contributed by atoms with Crippen molar-refractivity contribution < 1.29 is 4.74 Å². The summed E-state index contributed by atoms with van der Waals surface area (Å²) in [5.74, 6) is 7.04. The maximum Gasteiger partial charge on any atom is 0.0656 e. The van der Waals surface area contributed by atoms with Crippen molar-refractivity contribution in [2.24, 2.45) is 0 Å². The molecule has 0 radical (unpaired) electrons. The summed E-state index contributed by atoms with van der Waals surface area (Å²) in [6.45, 7) is 5.51. The van der Waals surface area contributed by atoms with Gasteiger partial charge in [-0.15, -0.1) is 0 Å². The van der Waals surface area contributed by atoms with E-state index in [0.717, 1.165) is 26.1 Å². The van der Waals surface area contributed by atoms with E-state index in [4.69, 9.17) is 10.00 Å². The van der Waals surface area contributed by atoms with Crippen LogP contribution in [0.2, 0.25) is 0 Å². The average Bonchev–Trinajstić information content (AvgIpc) is 2.60. The number of hydrogen-bond acceptors (Lipinski definition) is 4. The molecule has 0 saturated carbocycles. The summed E-state index contributed by atoms with van der Waals surface area (Å²) in [5, 5.41) is 8.47. The molecule has 0 N–H and O–H groups in total. The number of likely N-dealkylation sites (tertiary alicyclic amines) is 1. The molecule has 2 unspecified atom stereocenters. The molecule has 4 nitrogen and oxygen atoms in total. The van der Waals surface area contributed by atoms with Crippen LogP contribution < -0.4 is 0 Å². The fraction of sp³-hybridized carbons (Fsp3) is 0.579. The quantitative estimate of drug-likeness (QED) is 0.598. The van der Waals surface area contributed by atoms with Gasteiger partial charge in [-0.05, 0) is 43.9 Å². The highest BCUT2D eigenvalue weighted by Crippen LogP contribution is 2.25. The van der Waals surface area contributed by atoms with Gasteiger partial charge in [0.15, 0.2) is 0 Å². The standard InChI is InChI=1S/C19H25N3O/c1-17(23-14-6-10-20)7-2-3-12-22-13-5-9-19(16-22)18-8-4-11-21-15-18/h4,8,11,15,17,19H,5-7,9,12-14,16H2,1H3. The van der Waals surface area contributed by atoms with Crippen molar-refractivity contribution in [1.29, 1.82) is 5.26 Å². The number of nitriles is 1. The van der Waals surface area contributed by atoms with E-state index in [1.165, 1.54) is 18.4 Å². The first-order chi connectivity index (χ1) is 11.3. The summed E-state index contributed by atoms with van der Waals surface area (Å²) in [6.07, 6.45) is 7.54. The van der Waals surface area contributed by atoms with Crippen LogP contribution in [0.15, 0.2) is 24.5 Å². The van der Waals surface area contributed by atoms with Crippen molar-refractivity contribution in [1.82, 2.24) is 9.88 Å².